The Labute approximate surface area is 152 Å². The highest BCUT2D eigenvalue weighted by Crippen LogP contribution is 2.22. The number of hydrogen-bond donors (Lipinski definition) is 1. The van der Waals surface area contributed by atoms with Gasteiger partial charge in [0.15, 0.2) is 5.82 Å². The topological polar surface area (TPSA) is 46.9 Å². The molecule has 1 N–H and O–H groups in total. The smallest absolute Gasteiger partial charge is 0.256 e. The van der Waals surface area contributed by atoms with Crippen molar-refractivity contribution in [2.75, 3.05) is 5.32 Å². The van der Waals surface area contributed by atoms with Crippen LogP contribution in [0.5, 0.6) is 0 Å². The van der Waals surface area contributed by atoms with E-state index in [2.05, 4.69) is 31.2 Å². The fraction of sp³-hybridized carbons (Fsp3) is 0.238. The zero-order valence-electron chi connectivity index (χ0n) is 15.2. The number of nitrogens with one attached hydrogen (secondary N) is 1. The van der Waals surface area contributed by atoms with Gasteiger partial charge in [-0.25, -0.2) is 4.39 Å². The van der Waals surface area contributed by atoms with Gasteiger partial charge in [-0.3, -0.25) is 9.48 Å². The summed E-state index contributed by atoms with van der Waals surface area (Å²) in [4.78, 5) is 12.4. The Morgan fingerprint density at radius 3 is 2.42 bits per heavy atom. The fourth-order valence-electron chi connectivity index (χ4n) is 2.63. The van der Waals surface area contributed by atoms with Crippen molar-refractivity contribution in [1.29, 1.82) is 0 Å². The van der Waals surface area contributed by atoms with Gasteiger partial charge in [0.2, 0.25) is 0 Å². The van der Waals surface area contributed by atoms with E-state index in [4.69, 9.17) is 0 Å². The highest BCUT2D eigenvalue weighted by Gasteiger charge is 2.15. The third-order valence-corrected chi connectivity index (χ3v) is 4.19. The zero-order chi connectivity index (χ0) is 18.7. The van der Waals surface area contributed by atoms with Gasteiger partial charge < -0.3 is 5.32 Å². The molecule has 0 unspecified atom stereocenters. The van der Waals surface area contributed by atoms with Gasteiger partial charge in [-0.05, 0) is 29.2 Å². The molecule has 0 aliphatic heterocycles. The van der Waals surface area contributed by atoms with Crippen molar-refractivity contribution in [3.05, 3.63) is 83.3 Å². The predicted molar refractivity (Wildman–Crippen MR) is 101 cm³/mol. The minimum Gasteiger partial charge on any atom is -0.305 e. The Morgan fingerprint density at radius 1 is 1.08 bits per heavy atom. The number of amides is 1. The average molecular weight is 351 g/mol. The molecule has 1 heterocycles. The first-order chi connectivity index (χ1) is 12.3. The molecule has 3 aromatic rings. The summed E-state index contributed by atoms with van der Waals surface area (Å²) in [6, 6.07) is 15.8. The number of rotatable bonds is 4. The Balaban J connectivity index is 1.67. The van der Waals surface area contributed by atoms with E-state index in [-0.39, 0.29) is 17.1 Å². The van der Waals surface area contributed by atoms with Gasteiger partial charge >= 0.3 is 0 Å². The Morgan fingerprint density at radius 2 is 1.77 bits per heavy atom. The molecule has 3 rings (SSSR count). The molecule has 134 valence electrons. The molecular formula is C21H22FN3O. The number of carbonyl (C=O) groups is 1. The standard InChI is InChI=1S/C21H22FN3O/c1-21(2,3)17-10-8-15(9-11-17)20(26)23-19-12-13-25(24-19)14-16-6-4-5-7-18(16)22/h4-13H,14H2,1-3H3,(H,23,24,26). The number of halogens is 1. The molecule has 0 saturated carbocycles. The molecule has 0 atom stereocenters. The summed E-state index contributed by atoms with van der Waals surface area (Å²) in [6.07, 6.45) is 1.71. The molecule has 0 radical (unpaired) electrons. The van der Waals surface area contributed by atoms with Gasteiger partial charge in [0.05, 0.1) is 6.54 Å². The van der Waals surface area contributed by atoms with Gasteiger partial charge in [-0.2, -0.15) is 5.10 Å². The van der Waals surface area contributed by atoms with Crippen LogP contribution in [0.4, 0.5) is 10.2 Å². The molecule has 0 spiro atoms. The molecule has 26 heavy (non-hydrogen) atoms. The molecule has 1 amide bonds. The summed E-state index contributed by atoms with van der Waals surface area (Å²) < 4.78 is 15.3. The van der Waals surface area contributed by atoms with E-state index < -0.39 is 0 Å². The van der Waals surface area contributed by atoms with Crippen LogP contribution in [0.2, 0.25) is 0 Å². The van der Waals surface area contributed by atoms with Gasteiger partial charge in [0.1, 0.15) is 5.82 Å². The number of aromatic nitrogens is 2. The third kappa shape index (κ3) is 4.17. The number of anilines is 1. The maximum atomic E-state index is 13.7. The Hall–Kier alpha value is -2.95. The zero-order valence-corrected chi connectivity index (χ0v) is 15.2. The molecule has 1 aromatic heterocycles. The SMILES string of the molecule is CC(C)(C)c1ccc(C(=O)Nc2ccn(Cc3ccccc3F)n2)cc1. The van der Waals surface area contributed by atoms with E-state index >= 15 is 0 Å². The Kier molecular flexibility index (Phi) is 4.89. The summed E-state index contributed by atoms with van der Waals surface area (Å²) in [5.41, 5.74) is 2.33. The first-order valence-electron chi connectivity index (χ1n) is 8.52. The third-order valence-electron chi connectivity index (χ3n) is 4.19. The van der Waals surface area contributed by atoms with Crippen LogP contribution in [0.1, 0.15) is 42.3 Å². The monoisotopic (exact) mass is 351 g/mol. The van der Waals surface area contributed by atoms with Crippen LogP contribution >= 0.6 is 0 Å². The lowest BCUT2D eigenvalue weighted by molar-refractivity contribution is 0.102. The number of carbonyl (C=O) groups excluding carboxylic acids is 1. The lowest BCUT2D eigenvalue weighted by Crippen LogP contribution is -2.15. The second-order valence-corrected chi connectivity index (χ2v) is 7.27. The van der Waals surface area contributed by atoms with Crippen molar-refractivity contribution in [3.63, 3.8) is 0 Å². The minimum atomic E-state index is -0.271. The highest BCUT2D eigenvalue weighted by molar-refractivity contribution is 6.03. The first kappa shape index (κ1) is 17.9. The normalized spacial score (nSPS) is 11.4. The molecule has 2 aromatic carbocycles. The van der Waals surface area contributed by atoms with E-state index in [0.717, 1.165) is 0 Å². The van der Waals surface area contributed by atoms with E-state index in [1.165, 1.54) is 11.6 Å². The van der Waals surface area contributed by atoms with Crippen LogP contribution < -0.4 is 5.32 Å². The maximum Gasteiger partial charge on any atom is 0.256 e. The van der Waals surface area contributed by atoms with Crippen LogP contribution in [0, 0.1) is 5.82 Å². The lowest BCUT2D eigenvalue weighted by Gasteiger charge is -2.18. The maximum absolute atomic E-state index is 13.7. The summed E-state index contributed by atoms with van der Waals surface area (Å²) in [5, 5.41) is 7.06. The van der Waals surface area contributed by atoms with Crippen LogP contribution in [-0.4, -0.2) is 15.7 Å². The second-order valence-electron chi connectivity index (χ2n) is 7.27. The summed E-state index contributed by atoms with van der Waals surface area (Å²) in [7, 11) is 0. The van der Waals surface area contributed by atoms with E-state index in [1.807, 2.05) is 24.3 Å². The Bertz CT molecular complexity index is 908. The molecule has 0 saturated heterocycles. The number of benzene rings is 2. The first-order valence-corrected chi connectivity index (χ1v) is 8.52. The van der Waals surface area contributed by atoms with Crippen LogP contribution in [0.25, 0.3) is 0 Å². The molecule has 0 bridgehead atoms. The quantitative estimate of drug-likeness (QED) is 0.745. The van der Waals surface area contributed by atoms with Gasteiger partial charge in [-0.1, -0.05) is 51.1 Å². The van der Waals surface area contributed by atoms with Crippen molar-refractivity contribution >= 4 is 11.7 Å². The predicted octanol–water partition coefficient (Wildman–Crippen LogP) is 4.62. The molecular weight excluding hydrogens is 329 g/mol. The largest absolute Gasteiger partial charge is 0.305 e. The van der Waals surface area contributed by atoms with Crippen molar-refractivity contribution in [2.45, 2.75) is 32.7 Å². The number of hydrogen-bond acceptors (Lipinski definition) is 2. The van der Waals surface area contributed by atoms with E-state index in [9.17, 15) is 9.18 Å². The average Bonchev–Trinajstić information content (AvgIpc) is 3.03. The van der Waals surface area contributed by atoms with Gasteiger partial charge in [0.25, 0.3) is 5.91 Å². The van der Waals surface area contributed by atoms with Crippen LogP contribution in [0.3, 0.4) is 0 Å². The van der Waals surface area contributed by atoms with Crippen molar-refractivity contribution in [2.24, 2.45) is 0 Å². The van der Waals surface area contributed by atoms with Gasteiger partial charge in [0, 0.05) is 23.4 Å². The van der Waals surface area contributed by atoms with E-state index in [0.29, 0.717) is 23.5 Å². The second kappa shape index (κ2) is 7.12. The molecule has 4 nitrogen and oxygen atoms in total. The van der Waals surface area contributed by atoms with E-state index in [1.54, 1.807) is 35.1 Å². The molecule has 0 fully saturated rings. The summed E-state index contributed by atoms with van der Waals surface area (Å²) in [5.74, 6) is -0.0552. The lowest BCUT2D eigenvalue weighted by atomic mass is 9.87. The minimum absolute atomic E-state index is 0.0422. The molecule has 0 aliphatic rings. The summed E-state index contributed by atoms with van der Waals surface area (Å²) >= 11 is 0. The van der Waals surface area contributed by atoms with Crippen molar-refractivity contribution in [3.8, 4) is 0 Å². The number of nitrogens with zero attached hydrogens (tertiary/aromatic N) is 2. The summed E-state index contributed by atoms with van der Waals surface area (Å²) in [6.45, 7) is 6.70. The van der Waals surface area contributed by atoms with Crippen molar-refractivity contribution in [1.82, 2.24) is 9.78 Å². The van der Waals surface area contributed by atoms with Crippen molar-refractivity contribution < 1.29 is 9.18 Å². The molecule has 5 heteroatoms. The van der Waals surface area contributed by atoms with Gasteiger partial charge in [-0.15, -0.1) is 0 Å². The molecule has 0 aliphatic carbocycles. The highest BCUT2D eigenvalue weighted by atomic mass is 19.1. The van der Waals surface area contributed by atoms with Crippen LogP contribution in [0.15, 0.2) is 60.8 Å². The fourth-order valence-corrected chi connectivity index (χ4v) is 2.63. The van der Waals surface area contributed by atoms with Crippen LogP contribution in [-0.2, 0) is 12.0 Å².